The van der Waals surface area contributed by atoms with Gasteiger partial charge in [-0.25, -0.2) is 4.68 Å². The Morgan fingerprint density at radius 1 is 1.20 bits per heavy atom. The SMILES string of the molecule is CC(C)c1nn(-c2ccc(Br)cc2)c2c1C(=O)CCC2. The number of Topliss-reactive ketones (excluding diaryl/α,β-unsaturated/α-hetero) is 1. The summed E-state index contributed by atoms with van der Waals surface area (Å²) >= 11 is 3.45. The second-order valence-corrected chi connectivity index (χ2v) is 6.44. The smallest absolute Gasteiger partial charge is 0.166 e. The zero-order chi connectivity index (χ0) is 14.3. The second-order valence-electron chi connectivity index (χ2n) is 5.53. The van der Waals surface area contributed by atoms with Gasteiger partial charge in [-0.05, 0) is 43.0 Å². The van der Waals surface area contributed by atoms with Gasteiger partial charge in [0, 0.05) is 10.9 Å². The van der Waals surface area contributed by atoms with Gasteiger partial charge in [-0.3, -0.25) is 4.79 Å². The Morgan fingerprint density at radius 2 is 1.90 bits per heavy atom. The molecule has 1 aromatic carbocycles. The topological polar surface area (TPSA) is 34.9 Å². The van der Waals surface area contributed by atoms with Crippen molar-refractivity contribution in [3.8, 4) is 5.69 Å². The summed E-state index contributed by atoms with van der Waals surface area (Å²) in [7, 11) is 0. The van der Waals surface area contributed by atoms with Gasteiger partial charge in [-0.2, -0.15) is 5.10 Å². The van der Waals surface area contributed by atoms with Crippen molar-refractivity contribution in [1.29, 1.82) is 0 Å². The molecule has 0 bridgehead atoms. The average Bonchev–Trinajstić information content (AvgIpc) is 2.81. The number of hydrogen-bond acceptors (Lipinski definition) is 2. The van der Waals surface area contributed by atoms with Crippen molar-refractivity contribution in [2.45, 2.75) is 39.0 Å². The Hall–Kier alpha value is -1.42. The van der Waals surface area contributed by atoms with Gasteiger partial charge in [-0.15, -0.1) is 0 Å². The summed E-state index contributed by atoms with van der Waals surface area (Å²) in [5, 5.41) is 4.72. The standard InChI is InChI=1S/C16H17BrN2O/c1-10(2)16-15-13(4-3-5-14(15)20)19(18-16)12-8-6-11(17)7-9-12/h6-10H,3-5H2,1-2H3. The number of carbonyl (C=O) groups excluding carboxylic acids is 1. The third kappa shape index (κ3) is 2.22. The minimum Gasteiger partial charge on any atom is -0.294 e. The van der Waals surface area contributed by atoms with Crippen LogP contribution in [0.3, 0.4) is 0 Å². The molecule has 1 aliphatic rings. The molecule has 1 aliphatic carbocycles. The van der Waals surface area contributed by atoms with E-state index < -0.39 is 0 Å². The van der Waals surface area contributed by atoms with Crippen LogP contribution in [0.1, 0.15) is 54.4 Å². The van der Waals surface area contributed by atoms with Crippen LogP contribution in [-0.2, 0) is 6.42 Å². The normalized spacial score (nSPS) is 14.7. The number of benzene rings is 1. The monoisotopic (exact) mass is 332 g/mol. The summed E-state index contributed by atoms with van der Waals surface area (Å²) in [6.07, 6.45) is 2.50. The molecule has 0 radical (unpaired) electrons. The molecule has 1 aromatic heterocycles. The highest BCUT2D eigenvalue weighted by molar-refractivity contribution is 9.10. The van der Waals surface area contributed by atoms with Crippen molar-refractivity contribution in [3.63, 3.8) is 0 Å². The molecular formula is C16H17BrN2O. The predicted molar refractivity (Wildman–Crippen MR) is 82.6 cm³/mol. The zero-order valence-corrected chi connectivity index (χ0v) is 13.3. The summed E-state index contributed by atoms with van der Waals surface area (Å²) in [6, 6.07) is 8.06. The molecule has 0 fully saturated rings. The molecule has 0 aliphatic heterocycles. The van der Waals surface area contributed by atoms with Crippen molar-refractivity contribution >= 4 is 21.7 Å². The van der Waals surface area contributed by atoms with Crippen LogP contribution in [0.15, 0.2) is 28.7 Å². The van der Waals surface area contributed by atoms with E-state index in [9.17, 15) is 4.79 Å². The van der Waals surface area contributed by atoms with E-state index in [0.717, 1.165) is 40.0 Å². The third-order valence-corrected chi connectivity index (χ3v) is 4.25. The Kier molecular flexibility index (Phi) is 3.50. The number of aromatic nitrogens is 2. The van der Waals surface area contributed by atoms with E-state index in [-0.39, 0.29) is 11.7 Å². The molecule has 104 valence electrons. The van der Waals surface area contributed by atoms with Crippen molar-refractivity contribution in [3.05, 3.63) is 45.7 Å². The van der Waals surface area contributed by atoms with E-state index >= 15 is 0 Å². The van der Waals surface area contributed by atoms with E-state index in [0.29, 0.717) is 6.42 Å². The summed E-state index contributed by atoms with van der Waals surface area (Å²) in [6.45, 7) is 4.19. The van der Waals surface area contributed by atoms with Gasteiger partial charge in [-0.1, -0.05) is 29.8 Å². The van der Waals surface area contributed by atoms with Crippen LogP contribution in [0.5, 0.6) is 0 Å². The van der Waals surface area contributed by atoms with Crippen molar-refractivity contribution in [1.82, 2.24) is 9.78 Å². The van der Waals surface area contributed by atoms with Gasteiger partial charge in [0.25, 0.3) is 0 Å². The number of ketones is 1. The quantitative estimate of drug-likeness (QED) is 0.822. The third-order valence-electron chi connectivity index (χ3n) is 3.72. The zero-order valence-electron chi connectivity index (χ0n) is 11.7. The molecule has 1 heterocycles. The average molecular weight is 333 g/mol. The van der Waals surface area contributed by atoms with Crippen molar-refractivity contribution in [2.75, 3.05) is 0 Å². The summed E-state index contributed by atoms with van der Waals surface area (Å²) in [5.74, 6) is 0.515. The van der Waals surface area contributed by atoms with E-state index in [1.54, 1.807) is 0 Å². The van der Waals surface area contributed by atoms with E-state index in [1.807, 2.05) is 28.9 Å². The second kappa shape index (κ2) is 5.17. The Bertz CT molecular complexity index is 656. The minimum atomic E-state index is 0.248. The maximum atomic E-state index is 12.2. The number of nitrogens with zero attached hydrogens (tertiary/aromatic N) is 2. The van der Waals surface area contributed by atoms with Gasteiger partial charge < -0.3 is 0 Å². The molecule has 0 saturated carbocycles. The molecule has 0 amide bonds. The summed E-state index contributed by atoms with van der Waals surface area (Å²) in [4.78, 5) is 12.2. The molecule has 20 heavy (non-hydrogen) atoms. The first-order valence-electron chi connectivity index (χ1n) is 6.99. The van der Waals surface area contributed by atoms with Gasteiger partial charge in [0.15, 0.2) is 5.78 Å². The molecule has 0 unspecified atom stereocenters. The minimum absolute atomic E-state index is 0.248. The lowest BCUT2D eigenvalue weighted by atomic mass is 9.91. The number of fused-ring (bicyclic) bond motifs is 1. The molecule has 3 nitrogen and oxygen atoms in total. The fraction of sp³-hybridized carbons (Fsp3) is 0.375. The fourth-order valence-electron chi connectivity index (χ4n) is 2.75. The highest BCUT2D eigenvalue weighted by Gasteiger charge is 2.28. The maximum Gasteiger partial charge on any atom is 0.166 e. The van der Waals surface area contributed by atoms with E-state index in [1.165, 1.54) is 0 Å². The molecule has 3 rings (SSSR count). The van der Waals surface area contributed by atoms with Crippen molar-refractivity contribution < 1.29 is 4.79 Å². The van der Waals surface area contributed by atoms with Crippen LogP contribution in [-0.4, -0.2) is 15.6 Å². The van der Waals surface area contributed by atoms with Crippen LogP contribution >= 0.6 is 15.9 Å². The number of halogens is 1. The summed E-state index contributed by atoms with van der Waals surface area (Å²) in [5.41, 5.74) is 3.90. The molecule has 0 spiro atoms. The van der Waals surface area contributed by atoms with Crippen molar-refractivity contribution in [2.24, 2.45) is 0 Å². The first kappa shape index (κ1) is 13.6. The lowest BCUT2D eigenvalue weighted by Crippen LogP contribution is -2.13. The largest absolute Gasteiger partial charge is 0.294 e. The lowest BCUT2D eigenvalue weighted by Gasteiger charge is -2.14. The Morgan fingerprint density at radius 3 is 2.55 bits per heavy atom. The molecule has 2 aromatic rings. The highest BCUT2D eigenvalue weighted by Crippen LogP contribution is 2.30. The molecule has 4 heteroatoms. The summed E-state index contributed by atoms with van der Waals surface area (Å²) < 4.78 is 3.00. The number of hydrogen-bond donors (Lipinski definition) is 0. The van der Waals surface area contributed by atoms with E-state index in [2.05, 4.69) is 29.8 Å². The van der Waals surface area contributed by atoms with Crippen LogP contribution in [0.25, 0.3) is 5.69 Å². The van der Waals surface area contributed by atoms with Crippen LogP contribution in [0, 0.1) is 0 Å². The van der Waals surface area contributed by atoms with Crippen LogP contribution in [0.2, 0.25) is 0 Å². The first-order valence-corrected chi connectivity index (χ1v) is 7.78. The predicted octanol–water partition coefficient (Wildman–Crippen LogP) is 4.28. The van der Waals surface area contributed by atoms with E-state index in [4.69, 9.17) is 5.10 Å². The van der Waals surface area contributed by atoms with Gasteiger partial charge in [0.05, 0.1) is 22.6 Å². The first-order chi connectivity index (χ1) is 9.58. The fourth-order valence-corrected chi connectivity index (χ4v) is 3.01. The Labute approximate surface area is 127 Å². The maximum absolute atomic E-state index is 12.2. The van der Waals surface area contributed by atoms with Crippen LogP contribution < -0.4 is 0 Å². The molecular weight excluding hydrogens is 316 g/mol. The highest BCUT2D eigenvalue weighted by atomic mass is 79.9. The van der Waals surface area contributed by atoms with Gasteiger partial charge in [0.2, 0.25) is 0 Å². The Balaban J connectivity index is 2.19. The molecule has 0 N–H and O–H groups in total. The number of rotatable bonds is 2. The van der Waals surface area contributed by atoms with Crippen LogP contribution in [0.4, 0.5) is 0 Å². The molecule has 0 saturated heterocycles. The van der Waals surface area contributed by atoms with Gasteiger partial charge in [0.1, 0.15) is 0 Å². The lowest BCUT2D eigenvalue weighted by molar-refractivity contribution is 0.0971. The van der Waals surface area contributed by atoms with Gasteiger partial charge >= 0.3 is 0 Å². The molecule has 0 atom stereocenters. The number of carbonyl (C=O) groups is 1.